The first-order valence-corrected chi connectivity index (χ1v) is 11.0. The average Bonchev–Trinajstić information content (AvgIpc) is 3.16. The van der Waals surface area contributed by atoms with Gasteiger partial charge in [-0.3, -0.25) is 9.36 Å². The molecule has 7 heteroatoms. The van der Waals surface area contributed by atoms with E-state index in [1.54, 1.807) is 24.3 Å². The molecule has 0 bridgehead atoms. The monoisotopic (exact) mass is 453 g/mol. The number of hydrogen-bond acceptors (Lipinski definition) is 4. The van der Waals surface area contributed by atoms with E-state index in [0.717, 1.165) is 17.0 Å². The Kier molecular flexibility index (Phi) is 6.53. The van der Waals surface area contributed by atoms with Crippen LogP contribution in [0.5, 0.6) is 0 Å². The van der Waals surface area contributed by atoms with Gasteiger partial charge in [-0.05, 0) is 54.1 Å². The Balaban J connectivity index is 1.61. The zero-order valence-electron chi connectivity index (χ0n) is 15.8. The molecule has 1 heterocycles. The van der Waals surface area contributed by atoms with Crippen molar-refractivity contribution >= 4 is 40.7 Å². The number of nitrogens with zero attached hydrogens (tertiary/aromatic N) is 3. The summed E-state index contributed by atoms with van der Waals surface area (Å²) in [7, 11) is 0. The second-order valence-corrected chi connectivity index (χ2v) is 8.42. The zero-order chi connectivity index (χ0) is 20.9. The number of ketones is 1. The lowest BCUT2D eigenvalue weighted by molar-refractivity contribution is 0.102. The van der Waals surface area contributed by atoms with Crippen LogP contribution in [-0.4, -0.2) is 26.3 Å². The van der Waals surface area contributed by atoms with E-state index in [1.807, 2.05) is 47.0 Å². The van der Waals surface area contributed by atoms with Gasteiger partial charge in [-0.15, -0.1) is 10.2 Å². The standard InChI is InChI=1S/C23H17Cl2N3OS/c24-19-10-6-17(7-11-19)21(29)15-30-23-27-26-22(18-8-12-20(25)13-9-18)28(23)14-16-4-2-1-3-5-16/h1-13H,14-15H2. The van der Waals surface area contributed by atoms with Gasteiger partial charge in [0.2, 0.25) is 0 Å². The molecule has 4 aromatic rings. The molecule has 0 amide bonds. The Hall–Kier alpha value is -2.60. The quantitative estimate of drug-likeness (QED) is 0.244. The summed E-state index contributed by atoms with van der Waals surface area (Å²) in [6.07, 6.45) is 0. The van der Waals surface area contributed by atoms with Crippen molar-refractivity contribution in [3.63, 3.8) is 0 Å². The van der Waals surface area contributed by atoms with Crippen molar-refractivity contribution in [3.8, 4) is 11.4 Å². The Morgan fingerprint density at radius 3 is 2.13 bits per heavy atom. The van der Waals surface area contributed by atoms with Gasteiger partial charge in [-0.1, -0.05) is 65.3 Å². The summed E-state index contributed by atoms with van der Waals surface area (Å²) in [5, 5.41) is 10.7. The molecule has 4 nitrogen and oxygen atoms in total. The molecule has 150 valence electrons. The van der Waals surface area contributed by atoms with Gasteiger partial charge in [0.25, 0.3) is 0 Å². The fraction of sp³-hybridized carbons (Fsp3) is 0.0870. The van der Waals surface area contributed by atoms with Crippen molar-refractivity contribution in [2.75, 3.05) is 5.75 Å². The largest absolute Gasteiger partial charge is 0.298 e. The lowest BCUT2D eigenvalue weighted by Gasteiger charge is -2.10. The Morgan fingerprint density at radius 1 is 0.833 bits per heavy atom. The van der Waals surface area contributed by atoms with Crippen molar-refractivity contribution < 1.29 is 4.79 Å². The highest BCUT2D eigenvalue weighted by Gasteiger charge is 2.17. The third-order valence-electron chi connectivity index (χ3n) is 4.50. The third-order valence-corrected chi connectivity index (χ3v) is 5.97. The normalized spacial score (nSPS) is 10.9. The predicted molar refractivity (Wildman–Crippen MR) is 123 cm³/mol. The zero-order valence-corrected chi connectivity index (χ0v) is 18.2. The summed E-state index contributed by atoms with van der Waals surface area (Å²) in [4.78, 5) is 12.6. The number of benzene rings is 3. The van der Waals surface area contributed by atoms with Crippen LogP contribution in [-0.2, 0) is 6.54 Å². The maximum absolute atomic E-state index is 12.6. The lowest BCUT2D eigenvalue weighted by atomic mass is 10.1. The van der Waals surface area contributed by atoms with Gasteiger partial charge < -0.3 is 0 Å². The molecule has 4 rings (SSSR count). The van der Waals surface area contributed by atoms with Crippen molar-refractivity contribution in [1.82, 2.24) is 14.8 Å². The maximum atomic E-state index is 12.6. The molecule has 0 N–H and O–H groups in total. The van der Waals surface area contributed by atoms with Gasteiger partial charge in [-0.25, -0.2) is 0 Å². The molecule has 0 saturated heterocycles. The molecule has 0 unspecified atom stereocenters. The fourth-order valence-corrected chi connectivity index (χ4v) is 4.05. The van der Waals surface area contributed by atoms with Crippen molar-refractivity contribution in [1.29, 1.82) is 0 Å². The van der Waals surface area contributed by atoms with Crippen LogP contribution >= 0.6 is 35.0 Å². The predicted octanol–water partition coefficient (Wildman–Crippen LogP) is 6.28. The van der Waals surface area contributed by atoms with E-state index in [0.29, 0.717) is 27.3 Å². The van der Waals surface area contributed by atoms with Crippen molar-refractivity contribution in [2.45, 2.75) is 11.7 Å². The summed E-state index contributed by atoms with van der Waals surface area (Å²) in [6.45, 7) is 0.600. The van der Waals surface area contributed by atoms with E-state index in [-0.39, 0.29) is 11.5 Å². The van der Waals surface area contributed by atoms with Crippen molar-refractivity contribution in [3.05, 3.63) is 100 Å². The smallest absolute Gasteiger partial charge is 0.192 e. The van der Waals surface area contributed by atoms with E-state index in [9.17, 15) is 4.79 Å². The van der Waals surface area contributed by atoms with Crippen LogP contribution < -0.4 is 0 Å². The first-order chi connectivity index (χ1) is 14.6. The van der Waals surface area contributed by atoms with Gasteiger partial charge in [0, 0.05) is 21.2 Å². The summed E-state index contributed by atoms with van der Waals surface area (Å²) < 4.78 is 2.03. The van der Waals surface area contributed by atoms with E-state index in [1.165, 1.54) is 11.8 Å². The second kappa shape index (κ2) is 9.47. The number of halogens is 2. The van der Waals surface area contributed by atoms with Crippen LogP contribution in [0, 0.1) is 0 Å². The molecule has 3 aromatic carbocycles. The molecule has 0 aliphatic carbocycles. The SMILES string of the molecule is O=C(CSc1nnc(-c2ccc(Cl)cc2)n1Cc1ccccc1)c1ccc(Cl)cc1. The lowest BCUT2D eigenvalue weighted by Crippen LogP contribution is -2.07. The molecule has 0 fully saturated rings. The van der Waals surface area contributed by atoms with Crippen LogP contribution in [0.2, 0.25) is 10.0 Å². The van der Waals surface area contributed by atoms with Gasteiger partial charge >= 0.3 is 0 Å². The Morgan fingerprint density at radius 2 is 1.47 bits per heavy atom. The average molecular weight is 454 g/mol. The van der Waals surface area contributed by atoms with Crippen LogP contribution in [0.1, 0.15) is 15.9 Å². The topological polar surface area (TPSA) is 47.8 Å². The minimum absolute atomic E-state index is 0.0129. The van der Waals surface area contributed by atoms with Gasteiger partial charge in [-0.2, -0.15) is 0 Å². The molecule has 30 heavy (non-hydrogen) atoms. The fourth-order valence-electron chi connectivity index (χ4n) is 2.97. The molecule has 0 atom stereocenters. The maximum Gasteiger partial charge on any atom is 0.192 e. The van der Waals surface area contributed by atoms with Gasteiger partial charge in [0.05, 0.1) is 12.3 Å². The first kappa shape index (κ1) is 20.7. The highest BCUT2D eigenvalue weighted by molar-refractivity contribution is 7.99. The number of Topliss-reactive ketones (excluding diaryl/α,β-unsaturated/α-hetero) is 1. The van der Waals surface area contributed by atoms with E-state index in [4.69, 9.17) is 23.2 Å². The van der Waals surface area contributed by atoms with Crippen molar-refractivity contribution in [2.24, 2.45) is 0 Å². The minimum atomic E-state index is 0.0129. The number of hydrogen-bond donors (Lipinski definition) is 0. The molecule has 0 saturated carbocycles. The Labute approximate surface area is 188 Å². The van der Waals surface area contributed by atoms with E-state index >= 15 is 0 Å². The summed E-state index contributed by atoms with van der Waals surface area (Å²) >= 11 is 13.3. The first-order valence-electron chi connectivity index (χ1n) is 9.25. The van der Waals surface area contributed by atoms with Crippen LogP contribution in [0.3, 0.4) is 0 Å². The summed E-state index contributed by atoms with van der Waals surface area (Å²) in [5.74, 6) is 1.01. The minimum Gasteiger partial charge on any atom is -0.298 e. The van der Waals surface area contributed by atoms with Gasteiger partial charge in [0.15, 0.2) is 16.8 Å². The molecular formula is C23H17Cl2N3OS. The molecule has 1 aromatic heterocycles. The van der Waals surface area contributed by atoms with E-state index in [2.05, 4.69) is 22.3 Å². The van der Waals surface area contributed by atoms with Gasteiger partial charge in [0.1, 0.15) is 0 Å². The highest BCUT2D eigenvalue weighted by atomic mass is 35.5. The molecule has 0 aliphatic heterocycles. The summed E-state index contributed by atoms with van der Waals surface area (Å²) in [5.41, 5.74) is 2.66. The summed E-state index contributed by atoms with van der Waals surface area (Å²) in [6, 6.07) is 24.5. The Bertz CT molecular complexity index is 1140. The highest BCUT2D eigenvalue weighted by Crippen LogP contribution is 2.27. The third kappa shape index (κ3) is 4.93. The second-order valence-electron chi connectivity index (χ2n) is 6.60. The van der Waals surface area contributed by atoms with Crippen LogP contribution in [0.4, 0.5) is 0 Å². The number of carbonyl (C=O) groups excluding carboxylic acids is 1. The molecular weight excluding hydrogens is 437 g/mol. The molecule has 0 aliphatic rings. The number of aromatic nitrogens is 3. The van der Waals surface area contributed by atoms with Crippen LogP contribution in [0.15, 0.2) is 84.0 Å². The molecule has 0 spiro atoms. The number of rotatable bonds is 7. The van der Waals surface area contributed by atoms with Crippen LogP contribution in [0.25, 0.3) is 11.4 Å². The van der Waals surface area contributed by atoms with E-state index < -0.39 is 0 Å². The number of thioether (sulfide) groups is 1. The molecule has 0 radical (unpaired) electrons. The number of carbonyl (C=O) groups is 1.